The normalized spacial score (nSPS) is 20.8. The Labute approximate surface area is 149 Å². The van der Waals surface area contributed by atoms with Crippen LogP contribution in [0.5, 0.6) is 0 Å². The van der Waals surface area contributed by atoms with Gasteiger partial charge in [0.05, 0.1) is 18.0 Å². The predicted octanol–water partition coefficient (Wildman–Crippen LogP) is 1.60. The number of carboxylic acids is 1. The maximum Gasteiger partial charge on any atom is 0.317 e. The summed E-state index contributed by atoms with van der Waals surface area (Å²) in [6, 6.07) is 1.51. The number of amides is 3. The summed E-state index contributed by atoms with van der Waals surface area (Å²) in [5, 5.41) is 11.6. The fourth-order valence-corrected chi connectivity index (χ4v) is 2.99. The highest BCUT2D eigenvalue weighted by Crippen LogP contribution is 2.32. The number of hydrogen-bond donors (Lipinski definition) is 2. The molecule has 3 atom stereocenters. The second-order valence-electron chi connectivity index (χ2n) is 6.50. The maximum absolute atomic E-state index is 13.6. The number of nitrogens with zero attached hydrogens (tertiary/aromatic N) is 2. The van der Waals surface area contributed by atoms with Gasteiger partial charge in [0.15, 0.2) is 11.6 Å². The van der Waals surface area contributed by atoms with Crippen molar-refractivity contribution in [3.8, 4) is 0 Å². The summed E-state index contributed by atoms with van der Waals surface area (Å²) >= 11 is 0. The molecule has 3 amide bonds. The molecule has 1 heterocycles. The van der Waals surface area contributed by atoms with Crippen LogP contribution in [0.4, 0.5) is 13.6 Å². The lowest BCUT2D eigenvalue weighted by Crippen LogP contribution is -2.46. The quantitative estimate of drug-likeness (QED) is 0.825. The van der Waals surface area contributed by atoms with E-state index in [0.29, 0.717) is 5.56 Å². The van der Waals surface area contributed by atoms with E-state index in [1.165, 1.54) is 36.9 Å². The van der Waals surface area contributed by atoms with Crippen molar-refractivity contribution in [1.29, 1.82) is 0 Å². The van der Waals surface area contributed by atoms with Crippen molar-refractivity contribution in [2.45, 2.75) is 25.4 Å². The largest absolute Gasteiger partial charge is 0.481 e. The lowest BCUT2D eigenvalue weighted by Gasteiger charge is -2.28. The number of halogens is 2. The van der Waals surface area contributed by atoms with E-state index < -0.39 is 41.6 Å². The molecule has 0 aliphatic carbocycles. The van der Waals surface area contributed by atoms with Crippen LogP contribution >= 0.6 is 0 Å². The van der Waals surface area contributed by atoms with Crippen molar-refractivity contribution in [1.82, 2.24) is 15.1 Å². The van der Waals surface area contributed by atoms with Crippen molar-refractivity contribution < 1.29 is 28.3 Å². The molecule has 7 nitrogen and oxygen atoms in total. The van der Waals surface area contributed by atoms with Gasteiger partial charge in [-0.1, -0.05) is 13.0 Å². The Bertz CT molecular complexity index is 728. The van der Waals surface area contributed by atoms with Crippen molar-refractivity contribution in [3.63, 3.8) is 0 Å². The zero-order chi connectivity index (χ0) is 19.6. The molecule has 0 bridgehead atoms. The summed E-state index contributed by atoms with van der Waals surface area (Å²) < 4.78 is 26.7. The number of rotatable bonds is 5. The molecule has 1 saturated heterocycles. The third-order valence-corrected chi connectivity index (χ3v) is 4.50. The van der Waals surface area contributed by atoms with Gasteiger partial charge in [-0.25, -0.2) is 13.6 Å². The number of benzene rings is 1. The van der Waals surface area contributed by atoms with Crippen LogP contribution in [0.15, 0.2) is 18.2 Å². The van der Waals surface area contributed by atoms with Crippen LogP contribution in [-0.2, 0) is 9.59 Å². The predicted molar refractivity (Wildman–Crippen MR) is 88.2 cm³/mol. The maximum atomic E-state index is 13.6. The number of carbonyl (C=O) groups excluding carboxylic acids is 2. The Kier molecular flexibility index (Phi) is 5.79. The van der Waals surface area contributed by atoms with E-state index >= 15 is 0 Å². The standard InChI is InChI=1S/C17H21F2N3O4/c1-9(16(24)25)8-21(2)17(26)20-13-7-14(23)22(3)15(13)10-4-5-11(18)12(19)6-10/h4-6,9,13,15H,7-8H2,1-3H3,(H,20,26)(H,24,25). The number of urea groups is 1. The molecule has 142 valence electrons. The van der Waals surface area contributed by atoms with Crippen molar-refractivity contribution in [3.05, 3.63) is 35.4 Å². The van der Waals surface area contributed by atoms with Crippen LogP contribution < -0.4 is 5.32 Å². The Morgan fingerprint density at radius 2 is 2.04 bits per heavy atom. The van der Waals surface area contributed by atoms with E-state index in [1.54, 1.807) is 0 Å². The van der Waals surface area contributed by atoms with Crippen LogP contribution in [0.3, 0.4) is 0 Å². The van der Waals surface area contributed by atoms with Gasteiger partial charge >= 0.3 is 12.0 Å². The fourth-order valence-electron chi connectivity index (χ4n) is 2.99. The molecule has 0 radical (unpaired) electrons. The smallest absolute Gasteiger partial charge is 0.317 e. The fraction of sp³-hybridized carbons (Fsp3) is 0.471. The van der Waals surface area contributed by atoms with Crippen LogP contribution in [0.2, 0.25) is 0 Å². The van der Waals surface area contributed by atoms with E-state index in [0.717, 1.165) is 12.1 Å². The summed E-state index contributed by atoms with van der Waals surface area (Å²) in [5.41, 5.74) is 0.365. The first-order valence-electron chi connectivity index (χ1n) is 8.06. The minimum Gasteiger partial charge on any atom is -0.481 e. The minimum atomic E-state index is -1.03. The van der Waals surface area contributed by atoms with E-state index in [4.69, 9.17) is 5.11 Å². The molecule has 1 aromatic carbocycles. The zero-order valence-electron chi connectivity index (χ0n) is 14.7. The lowest BCUT2D eigenvalue weighted by molar-refractivity contribution is -0.141. The third kappa shape index (κ3) is 4.09. The van der Waals surface area contributed by atoms with Crippen molar-refractivity contribution in [2.24, 2.45) is 5.92 Å². The number of likely N-dealkylation sites (N-methyl/N-ethyl adjacent to an activating group) is 1. The summed E-state index contributed by atoms with van der Waals surface area (Å²) in [4.78, 5) is 37.9. The Balaban J connectivity index is 2.15. The topological polar surface area (TPSA) is 90.0 Å². The Morgan fingerprint density at radius 3 is 2.62 bits per heavy atom. The molecule has 0 aromatic heterocycles. The van der Waals surface area contributed by atoms with Gasteiger partial charge in [0.1, 0.15) is 0 Å². The summed E-state index contributed by atoms with van der Waals surface area (Å²) in [6.07, 6.45) is 0.00816. The van der Waals surface area contributed by atoms with E-state index in [1.807, 2.05) is 0 Å². The lowest BCUT2D eigenvalue weighted by atomic mass is 10.00. The van der Waals surface area contributed by atoms with E-state index in [9.17, 15) is 23.2 Å². The van der Waals surface area contributed by atoms with E-state index in [-0.39, 0.29) is 18.9 Å². The van der Waals surface area contributed by atoms with Crippen LogP contribution in [-0.4, -0.2) is 59.5 Å². The zero-order valence-corrected chi connectivity index (χ0v) is 14.7. The van der Waals surface area contributed by atoms with E-state index in [2.05, 4.69) is 5.32 Å². The second-order valence-corrected chi connectivity index (χ2v) is 6.50. The molecule has 2 N–H and O–H groups in total. The molecular weight excluding hydrogens is 348 g/mol. The molecule has 3 unspecified atom stereocenters. The molecule has 9 heteroatoms. The molecular formula is C17H21F2N3O4. The number of nitrogens with one attached hydrogen (secondary N) is 1. The number of carboxylic acid groups (broad SMARTS) is 1. The highest BCUT2D eigenvalue weighted by molar-refractivity contribution is 5.82. The number of aliphatic carboxylic acids is 1. The first-order chi connectivity index (χ1) is 12.1. The molecule has 1 aliphatic heterocycles. The molecule has 0 spiro atoms. The third-order valence-electron chi connectivity index (χ3n) is 4.50. The molecule has 26 heavy (non-hydrogen) atoms. The van der Waals surface area contributed by atoms with Crippen LogP contribution in [0.25, 0.3) is 0 Å². The second kappa shape index (κ2) is 7.67. The van der Waals surface area contributed by atoms with Crippen LogP contribution in [0, 0.1) is 17.6 Å². The molecule has 1 fully saturated rings. The Hall–Kier alpha value is -2.71. The number of likely N-dealkylation sites (tertiary alicyclic amines) is 1. The molecule has 0 saturated carbocycles. The van der Waals surface area contributed by atoms with Gasteiger partial charge in [-0.3, -0.25) is 9.59 Å². The average molecular weight is 369 g/mol. The van der Waals surface area contributed by atoms with Gasteiger partial charge in [0.25, 0.3) is 0 Å². The first-order valence-corrected chi connectivity index (χ1v) is 8.06. The monoisotopic (exact) mass is 369 g/mol. The first kappa shape index (κ1) is 19.6. The van der Waals surface area contributed by atoms with Gasteiger partial charge < -0.3 is 20.2 Å². The van der Waals surface area contributed by atoms with Gasteiger partial charge in [-0.15, -0.1) is 0 Å². The Morgan fingerprint density at radius 1 is 1.38 bits per heavy atom. The van der Waals surface area contributed by atoms with Crippen molar-refractivity contribution >= 4 is 17.9 Å². The highest BCUT2D eigenvalue weighted by atomic mass is 19.2. The summed E-state index contributed by atoms with van der Waals surface area (Å²) in [7, 11) is 2.97. The van der Waals surface area contributed by atoms with Gasteiger partial charge in [-0.05, 0) is 17.7 Å². The summed E-state index contributed by atoms with van der Waals surface area (Å²) in [5.74, 6) is -4.05. The van der Waals surface area contributed by atoms with Crippen LogP contribution in [0.1, 0.15) is 24.9 Å². The highest BCUT2D eigenvalue weighted by Gasteiger charge is 2.40. The van der Waals surface area contributed by atoms with Crippen molar-refractivity contribution in [2.75, 3.05) is 20.6 Å². The molecule has 2 rings (SSSR count). The van der Waals surface area contributed by atoms with Gasteiger partial charge in [0.2, 0.25) is 5.91 Å². The summed E-state index contributed by atoms with van der Waals surface area (Å²) in [6.45, 7) is 1.47. The SMILES string of the molecule is CC(CN(C)C(=O)NC1CC(=O)N(C)C1c1ccc(F)c(F)c1)C(=O)O. The average Bonchev–Trinajstić information content (AvgIpc) is 2.84. The molecule has 1 aliphatic rings. The van der Waals surface area contributed by atoms with Gasteiger partial charge in [0, 0.05) is 27.1 Å². The number of hydrogen-bond acceptors (Lipinski definition) is 3. The number of carbonyl (C=O) groups is 3. The minimum absolute atomic E-state index is 0.00643. The molecule has 1 aromatic rings. The van der Waals surface area contributed by atoms with Gasteiger partial charge in [-0.2, -0.15) is 0 Å².